The number of H-pyrrole nitrogens is 1. The lowest BCUT2D eigenvalue weighted by Gasteiger charge is -2.12. The molecule has 0 aliphatic heterocycles. The molecule has 0 saturated heterocycles. The van der Waals surface area contributed by atoms with E-state index in [-0.39, 0.29) is 0 Å². The highest BCUT2D eigenvalue weighted by atomic mass is 16.5. The fourth-order valence-corrected chi connectivity index (χ4v) is 3.30. The van der Waals surface area contributed by atoms with Crippen LogP contribution >= 0.6 is 0 Å². The topological polar surface area (TPSA) is 61.4 Å². The van der Waals surface area contributed by atoms with E-state index < -0.39 is 0 Å². The summed E-state index contributed by atoms with van der Waals surface area (Å²) >= 11 is 0. The van der Waals surface area contributed by atoms with E-state index in [4.69, 9.17) is 9.73 Å². The van der Waals surface area contributed by atoms with E-state index in [0.717, 1.165) is 36.8 Å². The van der Waals surface area contributed by atoms with Crippen molar-refractivity contribution in [1.82, 2.24) is 15.6 Å². The van der Waals surface area contributed by atoms with Gasteiger partial charge in [-0.05, 0) is 38.0 Å². The van der Waals surface area contributed by atoms with E-state index >= 15 is 0 Å². The number of hydrogen-bond acceptors (Lipinski definition) is 2. The van der Waals surface area contributed by atoms with Crippen LogP contribution in [0.4, 0.5) is 0 Å². The van der Waals surface area contributed by atoms with Gasteiger partial charge in [-0.2, -0.15) is 0 Å². The highest BCUT2D eigenvalue weighted by molar-refractivity contribution is 5.84. The van der Waals surface area contributed by atoms with Crippen molar-refractivity contribution in [1.29, 1.82) is 0 Å². The minimum atomic E-state index is 0.575. The van der Waals surface area contributed by atoms with E-state index in [0.29, 0.717) is 6.54 Å². The van der Waals surface area contributed by atoms with Crippen LogP contribution in [0.3, 0.4) is 0 Å². The monoisotopic (exact) mass is 364 g/mol. The van der Waals surface area contributed by atoms with Crippen LogP contribution in [0, 0.1) is 6.92 Å². The molecule has 0 spiro atoms. The van der Waals surface area contributed by atoms with Crippen LogP contribution in [0.15, 0.2) is 53.5 Å². The molecular weight excluding hydrogens is 336 g/mol. The summed E-state index contributed by atoms with van der Waals surface area (Å²) in [7, 11) is 1.69. The van der Waals surface area contributed by atoms with Gasteiger partial charge in [0.25, 0.3) is 0 Å². The number of benzene rings is 2. The molecule has 3 aromatic rings. The third-order valence-electron chi connectivity index (χ3n) is 4.64. The van der Waals surface area contributed by atoms with E-state index in [1.165, 1.54) is 22.2 Å². The molecule has 0 saturated carbocycles. The molecule has 0 aliphatic carbocycles. The maximum absolute atomic E-state index is 5.41. The van der Waals surface area contributed by atoms with Gasteiger partial charge in [-0.15, -0.1) is 0 Å². The van der Waals surface area contributed by atoms with Crippen molar-refractivity contribution in [3.8, 4) is 5.75 Å². The number of nitrogens with one attached hydrogen (secondary N) is 3. The Bertz CT molecular complexity index is 914. The fraction of sp³-hybridized carbons (Fsp3) is 0.318. The predicted octanol–water partition coefficient (Wildman–Crippen LogP) is 3.78. The van der Waals surface area contributed by atoms with E-state index in [1.54, 1.807) is 7.11 Å². The first-order chi connectivity index (χ1) is 13.2. The molecule has 0 radical (unpaired) electrons. The standard InChI is InChI=1S/C22H28N4O/c1-4-23-22(25-15-17-9-5-8-12-21(17)27-3)24-14-13-18-16(2)26-20-11-7-6-10-19(18)20/h5-12,26H,4,13-15H2,1-3H3,(H2,23,24,25). The third kappa shape index (κ3) is 4.61. The highest BCUT2D eigenvalue weighted by Crippen LogP contribution is 2.22. The second-order valence-electron chi connectivity index (χ2n) is 6.46. The molecule has 0 fully saturated rings. The largest absolute Gasteiger partial charge is 0.496 e. The van der Waals surface area contributed by atoms with Gasteiger partial charge in [0.2, 0.25) is 0 Å². The Hall–Kier alpha value is -2.95. The molecule has 3 N–H and O–H groups in total. The van der Waals surface area contributed by atoms with Gasteiger partial charge in [-0.3, -0.25) is 0 Å². The van der Waals surface area contributed by atoms with Crippen LogP contribution in [0.2, 0.25) is 0 Å². The smallest absolute Gasteiger partial charge is 0.191 e. The molecule has 142 valence electrons. The molecule has 0 bridgehead atoms. The molecule has 3 rings (SSSR count). The number of aliphatic imine (C=N–C) groups is 1. The summed E-state index contributed by atoms with van der Waals surface area (Å²) in [5.74, 6) is 1.69. The van der Waals surface area contributed by atoms with Gasteiger partial charge in [0.1, 0.15) is 5.75 Å². The number of methoxy groups -OCH3 is 1. The number of guanidine groups is 1. The summed E-state index contributed by atoms with van der Waals surface area (Å²) in [5, 5.41) is 8.05. The summed E-state index contributed by atoms with van der Waals surface area (Å²) in [4.78, 5) is 8.16. The average Bonchev–Trinajstić information content (AvgIpc) is 3.01. The van der Waals surface area contributed by atoms with Crippen molar-refractivity contribution in [3.63, 3.8) is 0 Å². The van der Waals surface area contributed by atoms with Crippen molar-refractivity contribution < 1.29 is 4.74 Å². The Morgan fingerprint density at radius 1 is 1.07 bits per heavy atom. The first-order valence-corrected chi connectivity index (χ1v) is 9.43. The van der Waals surface area contributed by atoms with Gasteiger partial charge < -0.3 is 20.4 Å². The van der Waals surface area contributed by atoms with Crippen LogP contribution in [0.5, 0.6) is 5.75 Å². The molecule has 2 aromatic carbocycles. The van der Waals surface area contributed by atoms with Gasteiger partial charge in [0, 0.05) is 35.2 Å². The van der Waals surface area contributed by atoms with E-state index in [9.17, 15) is 0 Å². The average molecular weight is 364 g/mol. The summed E-state index contributed by atoms with van der Waals surface area (Å²) < 4.78 is 5.41. The Morgan fingerprint density at radius 2 is 1.85 bits per heavy atom. The normalized spacial score (nSPS) is 11.6. The van der Waals surface area contributed by atoms with Crippen molar-refractivity contribution in [2.75, 3.05) is 20.2 Å². The van der Waals surface area contributed by atoms with Crippen molar-refractivity contribution >= 4 is 16.9 Å². The SMILES string of the molecule is CCNC(=NCc1ccccc1OC)NCCc1c(C)[nH]c2ccccc12. The zero-order valence-electron chi connectivity index (χ0n) is 16.3. The van der Waals surface area contributed by atoms with Gasteiger partial charge in [-0.25, -0.2) is 4.99 Å². The zero-order chi connectivity index (χ0) is 19.1. The minimum absolute atomic E-state index is 0.575. The molecule has 5 heteroatoms. The molecule has 0 aliphatic rings. The number of ether oxygens (including phenoxy) is 1. The minimum Gasteiger partial charge on any atom is -0.496 e. The van der Waals surface area contributed by atoms with Gasteiger partial charge in [-0.1, -0.05) is 36.4 Å². The maximum Gasteiger partial charge on any atom is 0.191 e. The number of rotatable bonds is 7. The third-order valence-corrected chi connectivity index (χ3v) is 4.64. The van der Waals surface area contributed by atoms with Crippen LogP contribution in [0.1, 0.15) is 23.7 Å². The molecule has 27 heavy (non-hydrogen) atoms. The molecule has 5 nitrogen and oxygen atoms in total. The van der Waals surface area contributed by atoms with E-state index in [1.807, 2.05) is 24.3 Å². The second-order valence-corrected chi connectivity index (χ2v) is 6.46. The second kappa shape index (κ2) is 9.12. The number of aromatic nitrogens is 1. The lowest BCUT2D eigenvalue weighted by molar-refractivity contribution is 0.410. The lowest BCUT2D eigenvalue weighted by Crippen LogP contribution is -2.38. The molecule has 0 unspecified atom stereocenters. The zero-order valence-corrected chi connectivity index (χ0v) is 16.3. The number of aromatic amines is 1. The van der Waals surface area contributed by atoms with Gasteiger partial charge in [0.05, 0.1) is 13.7 Å². The Labute approximate surface area is 160 Å². The predicted molar refractivity (Wildman–Crippen MR) is 113 cm³/mol. The summed E-state index contributed by atoms with van der Waals surface area (Å²) in [6.45, 7) is 6.43. The molecule has 0 amide bonds. The first-order valence-electron chi connectivity index (χ1n) is 9.43. The van der Waals surface area contributed by atoms with Crippen LogP contribution in [0.25, 0.3) is 10.9 Å². The van der Waals surface area contributed by atoms with Crippen molar-refractivity contribution in [3.05, 3.63) is 65.4 Å². The molecule has 1 aromatic heterocycles. The highest BCUT2D eigenvalue weighted by Gasteiger charge is 2.08. The number of fused-ring (bicyclic) bond motifs is 1. The Balaban J connectivity index is 1.65. The van der Waals surface area contributed by atoms with Crippen LogP contribution in [-0.4, -0.2) is 31.1 Å². The first kappa shape index (κ1) is 18.8. The Kier molecular flexibility index (Phi) is 6.36. The number of para-hydroxylation sites is 2. The number of aryl methyl sites for hydroxylation is 1. The van der Waals surface area contributed by atoms with Crippen LogP contribution in [-0.2, 0) is 13.0 Å². The van der Waals surface area contributed by atoms with Crippen molar-refractivity contribution in [2.45, 2.75) is 26.8 Å². The Morgan fingerprint density at radius 3 is 2.67 bits per heavy atom. The number of nitrogens with zero attached hydrogens (tertiary/aromatic N) is 1. The lowest BCUT2D eigenvalue weighted by atomic mass is 10.1. The molecule has 1 heterocycles. The van der Waals surface area contributed by atoms with Crippen molar-refractivity contribution in [2.24, 2.45) is 4.99 Å². The summed E-state index contributed by atoms with van der Waals surface area (Å²) in [5.41, 5.74) is 4.86. The van der Waals surface area contributed by atoms with E-state index in [2.05, 4.69) is 53.7 Å². The maximum atomic E-state index is 5.41. The quantitative estimate of drug-likeness (QED) is 0.442. The molecular formula is C22H28N4O. The summed E-state index contributed by atoms with van der Waals surface area (Å²) in [6, 6.07) is 16.4. The molecule has 0 atom stereocenters. The van der Waals surface area contributed by atoms with Crippen LogP contribution < -0.4 is 15.4 Å². The number of hydrogen-bond donors (Lipinski definition) is 3. The van der Waals surface area contributed by atoms with Gasteiger partial charge >= 0.3 is 0 Å². The van der Waals surface area contributed by atoms with Gasteiger partial charge in [0.15, 0.2) is 5.96 Å². The summed E-state index contributed by atoms with van der Waals surface area (Å²) in [6.07, 6.45) is 0.939. The fourth-order valence-electron chi connectivity index (χ4n) is 3.30.